The standard InChI is InChI=1S/C12H13F2N5/c1-6(7-2-3-7)19-12(16-17-18-19)8-4-9(13)10(14)5-11(8)15/h4-7H,2-3,15H2,1H3. The quantitative estimate of drug-likeness (QED) is 0.863. The van der Waals surface area contributed by atoms with Gasteiger partial charge in [0.05, 0.1) is 6.04 Å². The van der Waals surface area contributed by atoms with Gasteiger partial charge >= 0.3 is 0 Å². The summed E-state index contributed by atoms with van der Waals surface area (Å²) in [5, 5.41) is 11.4. The molecule has 0 spiro atoms. The molecule has 0 aliphatic heterocycles. The zero-order valence-corrected chi connectivity index (χ0v) is 10.3. The molecule has 1 unspecified atom stereocenters. The summed E-state index contributed by atoms with van der Waals surface area (Å²) in [7, 11) is 0. The van der Waals surface area contributed by atoms with Crippen molar-refractivity contribution in [2.45, 2.75) is 25.8 Å². The van der Waals surface area contributed by atoms with E-state index in [4.69, 9.17) is 5.73 Å². The Morgan fingerprint density at radius 3 is 2.68 bits per heavy atom. The van der Waals surface area contributed by atoms with Crippen molar-refractivity contribution in [2.75, 3.05) is 5.73 Å². The van der Waals surface area contributed by atoms with Crippen molar-refractivity contribution >= 4 is 5.69 Å². The van der Waals surface area contributed by atoms with Crippen LogP contribution in [0.3, 0.4) is 0 Å². The molecule has 0 radical (unpaired) electrons. The third kappa shape index (κ3) is 2.05. The number of nitrogen functional groups attached to an aromatic ring is 1. The Kier molecular flexibility index (Phi) is 2.69. The van der Waals surface area contributed by atoms with E-state index in [2.05, 4.69) is 15.5 Å². The van der Waals surface area contributed by atoms with Gasteiger partial charge in [-0.25, -0.2) is 13.5 Å². The fraction of sp³-hybridized carbons (Fsp3) is 0.417. The largest absolute Gasteiger partial charge is 0.398 e. The maximum Gasteiger partial charge on any atom is 0.184 e. The van der Waals surface area contributed by atoms with E-state index in [0.717, 1.165) is 25.0 Å². The Bertz CT molecular complexity index is 621. The van der Waals surface area contributed by atoms with Gasteiger partial charge in [-0.1, -0.05) is 0 Å². The minimum Gasteiger partial charge on any atom is -0.398 e. The van der Waals surface area contributed by atoms with Crippen LogP contribution in [0, 0.1) is 17.6 Å². The van der Waals surface area contributed by atoms with Gasteiger partial charge in [-0.3, -0.25) is 0 Å². The summed E-state index contributed by atoms with van der Waals surface area (Å²) >= 11 is 0. The molecule has 1 aromatic carbocycles. The lowest BCUT2D eigenvalue weighted by Crippen LogP contribution is -2.11. The van der Waals surface area contributed by atoms with Crippen LogP contribution in [0.15, 0.2) is 12.1 Å². The van der Waals surface area contributed by atoms with Crippen LogP contribution in [-0.4, -0.2) is 20.2 Å². The average Bonchev–Trinajstić information content (AvgIpc) is 3.11. The van der Waals surface area contributed by atoms with Gasteiger partial charge in [-0.05, 0) is 42.2 Å². The van der Waals surface area contributed by atoms with Gasteiger partial charge in [-0.2, -0.15) is 0 Å². The zero-order chi connectivity index (χ0) is 13.6. The van der Waals surface area contributed by atoms with Crippen molar-refractivity contribution in [3.63, 3.8) is 0 Å². The molecule has 1 heterocycles. The Morgan fingerprint density at radius 2 is 2.00 bits per heavy atom. The van der Waals surface area contributed by atoms with E-state index in [9.17, 15) is 8.78 Å². The zero-order valence-electron chi connectivity index (χ0n) is 10.3. The van der Waals surface area contributed by atoms with Crippen LogP contribution >= 0.6 is 0 Å². The number of hydrogen-bond acceptors (Lipinski definition) is 4. The molecule has 1 aromatic heterocycles. The summed E-state index contributed by atoms with van der Waals surface area (Å²) in [6.45, 7) is 2.01. The monoisotopic (exact) mass is 265 g/mol. The molecule has 7 heteroatoms. The minimum atomic E-state index is -0.976. The van der Waals surface area contributed by atoms with Gasteiger partial charge in [0.15, 0.2) is 17.5 Å². The number of benzene rings is 1. The second kappa shape index (κ2) is 4.25. The van der Waals surface area contributed by atoms with Crippen molar-refractivity contribution < 1.29 is 8.78 Å². The second-order valence-corrected chi connectivity index (χ2v) is 4.88. The molecule has 1 aliphatic carbocycles. The highest BCUT2D eigenvalue weighted by Crippen LogP contribution is 2.40. The summed E-state index contributed by atoms with van der Waals surface area (Å²) in [5.41, 5.74) is 6.17. The molecule has 3 rings (SSSR count). The lowest BCUT2D eigenvalue weighted by molar-refractivity contribution is 0.433. The third-order valence-electron chi connectivity index (χ3n) is 3.52. The molecule has 100 valence electrons. The predicted octanol–water partition coefficient (Wildman–Crippen LogP) is 2.17. The first-order chi connectivity index (χ1) is 9.08. The van der Waals surface area contributed by atoms with Crippen molar-refractivity contribution in [3.05, 3.63) is 23.8 Å². The van der Waals surface area contributed by atoms with E-state index in [1.54, 1.807) is 4.68 Å². The van der Waals surface area contributed by atoms with Crippen LogP contribution in [-0.2, 0) is 0 Å². The Hall–Kier alpha value is -2.05. The van der Waals surface area contributed by atoms with Crippen molar-refractivity contribution in [1.82, 2.24) is 20.2 Å². The van der Waals surface area contributed by atoms with Crippen LogP contribution in [0.4, 0.5) is 14.5 Å². The highest BCUT2D eigenvalue weighted by molar-refractivity contribution is 5.71. The van der Waals surface area contributed by atoms with Crippen LogP contribution in [0.2, 0.25) is 0 Å². The van der Waals surface area contributed by atoms with Gasteiger partial charge in [0, 0.05) is 17.3 Å². The molecule has 5 nitrogen and oxygen atoms in total. The second-order valence-electron chi connectivity index (χ2n) is 4.88. The molecule has 1 aliphatic rings. The summed E-state index contributed by atoms with van der Waals surface area (Å²) in [5.74, 6) is -1.03. The molecule has 2 N–H and O–H groups in total. The Balaban J connectivity index is 2.07. The number of nitrogens with two attached hydrogens (primary N) is 1. The number of halogens is 2. The van der Waals surface area contributed by atoms with Crippen LogP contribution in [0.1, 0.15) is 25.8 Å². The molecule has 0 amide bonds. The maximum absolute atomic E-state index is 13.3. The summed E-state index contributed by atoms with van der Waals surface area (Å²) in [6.07, 6.45) is 2.27. The van der Waals surface area contributed by atoms with E-state index >= 15 is 0 Å². The van der Waals surface area contributed by atoms with E-state index in [-0.39, 0.29) is 11.7 Å². The van der Waals surface area contributed by atoms with Gasteiger partial charge in [-0.15, -0.1) is 5.10 Å². The maximum atomic E-state index is 13.3. The first-order valence-electron chi connectivity index (χ1n) is 6.10. The lowest BCUT2D eigenvalue weighted by Gasteiger charge is -2.13. The summed E-state index contributed by atoms with van der Waals surface area (Å²) < 4.78 is 28.1. The Labute approximate surface area is 108 Å². The van der Waals surface area contributed by atoms with E-state index in [1.807, 2.05) is 6.92 Å². The number of rotatable bonds is 3. The molecular formula is C12H13F2N5. The fourth-order valence-electron chi connectivity index (χ4n) is 2.18. The third-order valence-corrected chi connectivity index (χ3v) is 3.52. The molecule has 19 heavy (non-hydrogen) atoms. The van der Waals surface area contributed by atoms with E-state index in [0.29, 0.717) is 17.3 Å². The van der Waals surface area contributed by atoms with Crippen molar-refractivity contribution in [2.24, 2.45) is 5.92 Å². The van der Waals surface area contributed by atoms with Crippen molar-refractivity contribution in [1.29, 1.82) is 0 Å². The van der Waals surface area contributed by atoms with Gasteiger partial charge < -0.3 is 5.73 Å². The number of hydrogen-bond donors (Lipinski definition) is 1. The normalized spacial score (nSPS) is 16.6. The minimum absolute atomic E-state index is 0.123. The number of nitrogens with zero attached hydrogens (tertiary/aromatic N) is 4. The molecule has 1 atom stereocenters. The van der Waals surface area contributed by atoms with E-state index in [1.165, 1.54) is 0 Å². The highest BCUT2D eigenvalue weighted by atomic mass is 19.2. The lowest BCUT2D eigenvalue weighted by atomic mass is 10.1. The van der Waals surface area contributed by atoms with Crippen LogP contribution < -0.4 is 5.73 Å². The van der Waals surface area contributed by atoms with Crippen LogP contribution in [0.5, 0.6) is 0 Å². The fourth-order valence-corrected chi connectivity index (χ4v) is 2.18. The molecule has 1 saturated carbocycles. The predicted molar refractivity (Wildman–Crippen MR) is 65.0 cm³/mol. The highest BCUT2D eigenvalue weighted by Gasteiger charge is 2.32. The summed E-state index contributed by atoms with van der Waals surface area (Å²) in [6, 6.07) is 2.11. The number of tetrazole rings is 1. The molecule has 1 fully saturated rings. The van der Waals surface area contributed by atoms with E-state index < -0.39 is 11.6 Å². The smallest absolute Gasteiger partial charge is 0.184 e. The average molecular weight is 265 g/mol. The topological polar surface area (TPSA) is 69.6 Å². The van der Waals surface area contributed by atoms with Crippen molar-refractivity contribution in [3.8, 4) is 11.4 Å². The Morgan fingerprint density at radius 1 is 1.32 bits per heavy atom. The molecule has 2 aromatic rings. The number of anilines is 1. The van der Waals surface area contributed by atoms with Crippen LogP contribution in [0.25, 0.3) is 11.4 Å². The molecule has 0 bridgehead atoms. The van der Waals surface area contributed by atoms with Gasteiger partial charge in [0.1, 0.15) is 0 Å². The molecular weight excluding hydrogens is 252 g/mol. The SMILES string of the molecule is CC(C1CC1)n1nnnc1-c1cc(F)c(F)cc1N. The van der Waals surface area contributed by atoms with Gasteiger partial charge in [0.2, 0.25) is 0 Å². The first-order valence-corrected chi connectivity index (χ1v) is 6.10. The summed E-state index contributed by atoms with van der Waals surface area (Å²) in [4.78, 5) is 0. The number of aromatic nitrogens is 4. The first kappa shape index (κ1) is 12.0. The van der Waals surface area contributed by atoms with Gasteiger partial charge in [0.25, 0.3) is 0 Å². The molecule has 0 saturated heterocycles.